The zero-order chi connectivity index (χ0) is 22.3. The zero-order valence-electron chi connectivity index (χ0n) is 16.1. The van der Waals surface area contributed by atoms with E-state index >= 15 is 0 Å². The Balaban J connectivity index is 1.58. The van der Waals surface area contributed by atoms with Gasteiger partial charge in [0.05, 0.1) is 18.3 Å². The Morgan fingerprint density at radius 2 is 1.97 bits per heavy atom. The molecule has 0 saturated heterocycles. The fourth-order valence-electron chi connectivity index (χ4n) is 2.28. The average Bonchev–Trinajstić information content (AvgIpc) is 3.26. The fourth-order valence-corrected chi connectivity index (χ4v) is 3.50. The first-order chi connectivity index (χ1) is 14.9. The molecule has 12 heteroatoms. The number of amides is 1. The molecule has 0 aliphatic carbocycles. The van der Waals surface area contributed by atoms with E-state index in [1.54, 1.807) is 12.1 Å². The van der Waals surface area contributed by atoms with Crippen LogP contribution in [0.4, 0.5) is 11.5 Å². The van der Waals surface area contributed by atoms with E-state index in [0.717, 1.165) is 0 Å². The van der Waals surface area contributed by atoms with Gasteiger partial charge >= 0.3 is 0 Å². The van der Waals surface area contributed by atoms with E-state index in [4.69, 9.17) is 21.4 Å². The van der Waals surface area contributed by atoms with Gasteiger partial charge in [-0.3, -0.25) is 14.8 Å². The van der Waals surface area contributed by atoms with Crippen molar-refractivity contribution in [3.05, 3.63) is 66.9 Å². The number of hydrogen-bond acceptors (Lipinski definition) is 8. The number of methoxy groups -OCH3 is 1. The van der Waals surface area contributed by atoms with E-state index in [1.807, 2.05) is 0 Å². The zero-order valence-corrected chi connectivity index (χ0v) is 17.7. The van der Waals surface area contributed by atoms with Gasteiger partial charge in [-0.15, -0.1) is 0 Å². The van der Waals surface area contributed by atoms with E-state index in [1.165, 1.54) is 62.2 Å². The molecule has 1 aromatic carbocycles. The molecule has 0 unspecified atom stereocenters. The molecule has 0 fully saturated rings. The van der Waals surface area contributed by atoms with Gasteiger partial charge in [0, 0.05) is 17.8 Å². The number of nitrogens with one attached hydrogen (secondary N) is 3. The van der Waals surface area contributed by atoms with Gasteiger partial charge in [-0.1, -0.05) is 0 Å². The van der Waals surface area contributed by atoms with Crippen molar-refractivity contribution in [1.82, 2.24) is 15.3 Å². The number of thiocarbonyl (C=S) groups is 1. The Morgan fingerprint density at radius 1 is 1.19 bits per heavy atom. The van der Waals surface area contributed by atoms with Crippen LogP contribution >= 0.6 is 12.2 Å². The van der Waals surface area contributed by atoms with Gasteiger partial charge in [0.25, 0.3) is 10.0 Å². The summed E-state index contributed by atoms with van der Waals surface area (Å²) in [7, 11) is -2.46. The number of furan rings is 1. The van der Waals surface area contributed by atoms with Crippen LogP contribution in [0.1, 0.15) is 5.76 Å². The van der Waals surface area contributed by atoms with E-state index in [2.05, 4.69) is 25.3 Å². The third kappa shape index (κ3) is 6.35. The highest BCUT2D eigenvalue weighted by Gasteiger charge is 2.15. The van der Waals surface area contributed by atoms with Gasteiger partial charge in [0.2, 0.25) is 11.8 Å². The number of benzene rings is 1. The third-order valence-electron chi connectivity index (χ3n) is 3.69. The van der Waals surface area contributed by atoms with E-state index in [-0.39, 0.29) is 21.7 Å². The van der Waals surface area contributed by atoms with Gasteiger partial charge in [-0.25, -0.2) is 18.4 Å². The summed E-state index contributed by atoms with van der Waals surface area (Å²) in [5, 5.41) is 5.33. The van der Waals surface area contributed by atoms with Gasteiger partial charge in [-0.2, -0.15) is 0 Å². The minimum Gasteiger partial charge on any atom is -0.481 e. The SMILES string of the molecule is COc1cc(NS(=O)(=O)c2ccc(NC(=S)NC(=O)/C=C/c3ccco3)cc2)ncn1. The molecule has 0 bridgehead atoms. The van der Waals surface area contributed by atoms with Crippen molar-refractivity contribution in [2.45, 2.75) is 4.90 Å². The number of nitrogens with zero attached hydrogens (tertiary/aromatic N) is 2. The molecule has 3 N–H and O–H groups in total. The first kappa shape index (κ1) is 21.9. The van der Waals surface area contributed by atoms with Crippen molar-refractivity contribution in [1.29, 1.82) is 0 Å². The van der Waals surface area contributed by atoms with Crippen molar-refractivity contribution >= 4 is 50.8 Å². The highest BCUT2D eigenvalue weighted by atomic mass is 32.2. The molecule has 3 rings (SSSR count). The summed E-state index contributed by atoms with van der Waals surface area (Å²) in [6.45, 7) is 0. The van der Waals surface area contributed by atoms with Crippen LogP contribution in [0.5, 0.6) is 5.88 Å². The summed E-state index contributed by atoms with van der Waals surface area (Å²) in [5.74, 6) is 0.375. The Labute approximate surface area is 183 Å². The first-order valence-electron chi connectivity index (χ1n) is 8.68. The second kappa shape index (κ2) is 9.82. The lowest BCUT2D eigenvalue weighted by atomic mass is 10.3. The molecule has 0 saturated carbocycles. The number of aromatic nitrogens is 2. The van der Waals surface area contributed by atoms with Crippen molar-refractivity contribution < 1.29 is 22.4 Å². The quantitative estimate of drug-likeness (QED) is 0.359. The predicted octanol–water partition coefficient (Wildman–Crippen LogP) is 2.41. The summed E-state index contributed by atoms with van der Waals surface area (Å²) in [6, 6.07) is 10.5. The third-order valence-corrected chi connectivity index (χ3v) is 5.27. The van der Waals surface area contributed by atoms with Crippen molar-refractivity contribution in [2.75, 3.05) is 17.1 Å². The molecule has 31 heavy (non-hydrogen) atoms. The van der Waals surface area contributed by atoms with Crippen LogP contribution in [0.15, 0.2) is 70.4 Å². The summed E-state index contributed by atoms with van der Waals surface area (Å²) in [4.78, 5) is 19.5. The molecule has 0 spiro atoms. The highest BCUT2D eigenvalue weighted by Crippen LogP contribution is 2.18. The number of carbonyl (C=O) groups is 1. The number of rotatable bonds is 7. The van der Waals surface area contributed by atoms with Crippen LogP contribution in [0.2, 0.25) is 0 Å². The molecule has 2 heterocycles. The number of hydrogen-bond donors (Lipinski definition) is 3. The molecule has 0 aliphatic heterocycles. The maximum atomic E-state index is 12.5. The van der Waals surface area contributed by atoms with Crippen LogP contribution in [0, 0.1) is 0 Å². The number of anilines is 2. The van der Waals surface area contributed by atoms with Gasteiger partial charge in [0.15, 0.2) is 5.11 Å². The minimum absolute atomic E-state index is 0.00645. The lowest BCUT2D eigenvalue weighted by Crippen LogP contribution is -2.32. The molecule has 0 atom stereocenters. The fraction of sp³-hybridized carbons (Fsp3) is 0.0526. The largest absolute Gasteiger partial charge is 0.481 e. The molecule has 1 amide bonds. The molecule has 3 aromatic rings. The maximum Gasteiger partial charge on any atom is 0.263 e. The lowest BCUT2D eigenvalue weighted by molar-refractivity contribution is -0.115. The standard InChI is InChI=1S/C19H17N5O5S2/c1-28-18-11-16(20-12-21-18)24-31(26,27)15-7-4-13(5-8-15)22-19(30)23-17(25)9-6-14-3-2-10-29-14/h2-12H,1H3,(H,20,21,24)(H2,22,23,25,30)/b9-6+. The topological polar surface area (TPSA) is 135 Å². The lowest BCUT2D eigenvalue weighted by Gasteiger charge is -2.10. The smallest absolute Gasteiger partial charge is 0.263 e. The number of carbonyl (C=O) groups excluding carboxylic acids is 1. The van der Waals surface area contributed by atoms with Crippen LogP contribution in [-0.4, -0.2) is 36.5 Å². The van der Waals surface area contributed by atoms with Crippen LogP contribution in [-0.2, 0) is 14.8 Å². The second-order valence-corrected chi connectivity index (χ2v) is 7.96. The first-order valence-corrected chi connectivity index (χ1v) is 10.6. The maximum absolute atomic E-state index is 12.5. The molecule has 0 aliphatic rings. The van der Waals surface area contributed by atoms with Gasteiger partial charge < -0.3 is 14.5 Å². The van der Waals surface area contributed by atoms with Crippen LogP contribution < -0.4 is 20.1 Å². The van der Waals surface area contributed by atoms with Gasteiger partial charge in [0.1, 0.15) is 17.9 Å². The molecular weight excluding hydrogens is 442 g/mol. The second-order valence-electron chi connectivity index (χ2n) is 5.87. The number of sulfonamides is 1. The number of ether oxygens (including phenoxy) is 1. The van der Waals surface area contributed by atoms with Crippen molar-refractivity contribution in [3.63, 3.8) is 0 Å². The average molecular weight is 460 g/mol. The van der Waals surface area contributed by atoms with E-state index < -0.39 is 15.9 Å². The minimum atomic E-state index is -3.88. The molecule has 160 valence electrons. The van der Waals surface area contributed by atoms with Crippen molar-refractivity contribution in [2.24, 2.45) is 0 Å². The summed E-state index contributed by atoms with van der Waals surface area (Å²) in [5.41, 5.74) is 0.489. The van der Waals surface area contributed by atoms with Crippen molar-refractivity contribution in [3.8, 4) is 5.88 Å². The molecule has 10 nitrogen and oxygen atoms in total. The van der Waals surface area contributed by atoms with Gasteiger partial charge in [-0.05, 0) is 54.7 Å². The summed E-state index contributed by atoms with van der Waals surface area (Å²) in [6.07, 6.45) is 5.45. The van der Waals surface area contributed by atoms with E-state index in [0.29, 0.717) is 11.4 Å². The monoisotopic (exact) mass is 459 g/mol. The molecule has 2 aromatic heterocycles. The Morgan fingerprint density at radius 3 is 2.65 bits per heavy atom. The Kier molecular flexibility index (Phi) is 6.95. The van der Waals surface area contributed by atoms with Crippen LogP contribution in [0.25, 0.3) is 6.08 Å². The predicted molar refractivity (Wildman–Crippen MR) is 118 cm³/mol. The summed E-state index contributed by atoms with van der Waals surface area (Å²) >= 11 is 5.09. The molecule has 0 radical (unpaired) electrons. The highest BCUT2D eigenvalue weighted by molar-refractivity contribution is 7.92. The normalized spacial score (nSPS) is 11.1. The Bertz CT molecular complexity index is 1190. The van der Waals surface area contributed by atoms with E-state index in [9.17, 15) is 13.2 Å². The summed E-state index contributed by atoms with van der Waals surface area (Å²) < 4.78 is 37.4. The Hall–Kier alpha value is -3.77. The molecular formula is C19H17N5O5S2. The van der Waals surface area contributed by atoms with Crippen LogP contribution in [0.3, 0.4) is 0 Å².